The van der Waals surface area contributed by atoms with E-state index in [1.807, 2.05) is 48.5 Å². The Labute approximate surface area is 180 Å². The standard InChI is InChI=1S/C21H18N4O2.2ClH/c22-21-18(4-3-11-24-21)19-13-17(25-27-19)12-15-6-8-16(9-7-15)14-26-20-5-1-2-10-23-20;;/h1-11,13H,12,14H2,(H2,22,24);2*1H. The number of nitrogens with zero attached hydrogens (tertiary/aromatic N) is 3. The Morgan fingerprint density at radius 1 is 0.862 bits per heavy atom. The summed E-state index contributed by atoms with van der Waals surface area (Å²) in [5.74, 6) is 1.67. The zero-order chi connectivity index (χ0) is 18.5. The first kappa shape index (κ1) is 22.2. The molecule has 4 rings (SSSR count). The largest absolute Gasteiger partial charge is 0.473 e. The molecule has 0 unspecified atom stereocenters. The van der Waals surface area contributed by atoms with Gasteiger partial charge < -0.3 is 15.0 Å². The van der Waals surface area contributed by atoms with E-state index in [2.05, 4.69) is 27.3 Å². The van der Waals surface area contributed by atoms with E-state index < -0.39 is 0 Å². The van der Waals surface area contributed by atoms with Crippen molar-refractivity contribution in [3.8, 4) is 17.2 Å². The van der Waals surface area contributed by atoms with Gasteiger partial charge in [-0.05, 0) is 29.3 Å². The fourth-order valence-corrected chi connectivity index (χ4v) is 2.70. The van der Waals surface area contributed by atoms with Gasteiger partial charge in [0.2, 0.25) is 5.88 Å². The molecule has 4 aromatic rings. The summed E-state index contributed by atoms with van der Waals surface area (Å²) in [4.78, 5) is 8.22. The molecule has 3 aromatic heterocycles. The van der Waals surface area contributed by atoms with Gasteiger partial charge in [0.25, 0.3) is 0 Å². The van der Waals surface area contributed by atoms with Crippen LogP contribution in [0.1, 0.15) is 16.8 Å². The lowest BCUT2D eigenvalue weighted by molar-refractivity contribution is 0.294. The summed E-state index contributed by atoms with van der Waals surface area (Å²) in [6, 6.07) is 19.4. The molecule has 0 radical (unpaired) electrons. The number of hydrogen-bond acceptors (Lipinski definition) is 6. The van der Waals surface area contributed by atoms with Crippen LogP contribution >= 0.6 is 24.8 Å². The van der Waals surface area contributed by atoms with Gasteiger partial charge in [0.15, 0.2) is 5.76 Å². The molecule has 1 aromatic carbocycles. The number of pyridine rings is 2. The Hall–Kier alpha value is -3.09. The van der Waals surface area contributed by atoms with Crippen LogP contribution in [0.3, 0.4) is 0 Å². The van der Waals surface area contributed by atoms with Crippen molar-refractivity contribution in [3.05, 3.63) is 89.9 Å². The molecule has 0 fully saturated rings. The third kappa shape index (κ3) is 5.70. The molecule has 6 nitrogen and oxygen atoms in total. The van der Waals surface area contributed by atoms with Crippen LogP contribution in [-0.4, -0.2) is 15.1 Å². The van der Waals surface area contributed by atoms with Gasteiger partial charge in [0, 0.05) is 30.9 Å². The summed E-state index contributed by atoms with van der Waals surface area (Å²) in [6.07, 6.45) is 4.03. The van der Waals surface area contributed by atoms with E-state index >= 15 is 0 Å². The van der Waals surface area contributed by atoms with E-state index in [1.165, 1.54) is 0 Å². The molecule has 29 heavy (non-hydrogen) atoms. The van der Waals surface area contributed by atoms with Crippen LogP contribution in [0.5, 0.6) is 5.88 Å². The molecule has 8 heteroatoms. The highest BCUT2D eigenvalue weighted by atomic mass is 35.5. The Balaban J connectivity index is 0.00000150. The quantitative estimate of drug-likeness (QED) is 0.475. The van der Waals surface area contributed by atoms with Crippen molar-refractivity contribution in [3.63, 3.8) is 0 Å². The summed E-state index contributed by atoms with van der Waals surface area (Å²) < 4.78 is 11.1. The molecule has 0 bridgehead atoms. The first-order chi connectivity index (χ1) is 13.3. The minimum absolute atomic E-state index is 0. The molecule has 0 atom stereocenters. The number of anilines is 1. The molecular formula is C21H20Cl2N4O2. The molecule has 0 aliphatic heterocycles. The van der Waals surface area contributed by atoms with Crippen molar-refractivity contribution < 1.29 is 9.26 Å². The van der Waals surface area contributed by atoms with E-state index in [9.17, 15) is 0 Å². The summed E-state index contributed by atoms with van der Waals surface area (Å²) in [5, 5.41) is 4.14. The third-order valence-corrected chi connectivity index (χ3v) is 4.10. The van der Waals surface area contributed by atoms with Crippen LogP contribution in [0.15, 0.2) is 77.6 Å². The number of benzene rings is 1. The lowest BCUT2D eigenvalue weighted by atomic mass is 10.1. The van der Waals surface area contributed by atoms with E-state index in [0.717, 1.165) is 22.4 Å². The fourth-order valence-electron chi connectivity index (χ4n) is 2.70. The van der Waals surface area contributed by atoms with Gasteiger partial charge >= 0.3 is 0 Å². The van der Waals surface area contributed by atoms with Gasteiger partial charge in [0.05, 0.1) is 11.3 Å². The van der Waals surface area contributed by atoms with Gasteiger partial charge in [0.1, 0.15) is 12.4 Å². The van der Waals surface area contributed by atoms with Crippen molar-refractivity contribution in [2.75, 3.05) is 5.73 Å². The maximum atomic E-state index is 5.89. The Morgan fingerprint density at radius 3 is 2.34 bits per heavy atom. The maximum Gasteiger partial charge on any atom is 0.213 e. The van der Waals surface area contributed by atoms with Crippen molar-refractivity contribution in [2.45, 2.75) is 13.0 Å². The summed E-state index contributed by atoms with van der Waals surface area (Å²) in [6.45, 7) is 0.478. The highest BCUT2D eigenvalue weighted by Gasteiger charge is 2.10. The molecule has 150 valence electrons. The lowest BCUT2D eigenvalue weighted by Crippen LogP contribution is -1.97. The monoisotopic (exact) mass is 430 g/mol. The second-order valence-electron chi connectivity index (χ2n) is 6.07. The Morgan fingerprint density at radius 2 is 1.62 bits per heavy atom. The van der Waals surface area contributed by atoms with E-state index in [-0.39, 0.29) is 24.8 Å². The first-order valence-electron chi connectivity index (χ1n) is 8.56. The first-order valence-corrected chi connectivity index (χ1v) is 8.56. The summed E-state index contributed by atoms with van der Waals surface area (Å²) in [7, 11) is 0. The van der Waals surface area contributed by atoms with E-state index in [1.54, 1.807) is 12.4 Å². The number of halogens is 2. The molecule has 0 saturated carbocycles. The van der Waals surface area contributed by atoms with Gasteiger partial charge in [-0.3, -0.25) is 0 Å². The Kier molecular flexibility index (Phi) is 8.00. The highest BCUT2D eigenvalue weighted by Crippen LogP contribution is 2.25. The summed E-state index contributed by atoms with van der Waals surface area (Å²) >= 11 is 0. The molecule has 0 saturated heterocycles. The van der Waals surface area contributed by atoms with Gasteiger partial charge in [-0.1, -0.05) is 35.5 Å². The van der Waals surface area contributed by atoms with Gasteiger partial charge in [-0.25, -0.2) is 9.97 Å². The second-order valence-corrected chi connectivity index (χ2v) is 6.07. The minimum atomic E-state index is 0. The molecule has 0 aliphatic rings. The zero-order valence-electron chi connectivity index (χ0n) is 15.4. The average Bonchev–Trinajstić information content (AvgIpc) is 3.17. The number of nitrogen functional groups attached to an aromatic ring is 1. The average molecular weight is 431 g/mol. The zero-order valence-corrected chi connectivity index (χ0v) is 17.0. The number of nitrogens with two attached hydrogens (primary N) is 1. The fraction of sp³-hybridized carbons (Fsp3) is 0.0952. The van der Waals surface area contributed by atoms with E-state index in [0.29, 0.717) is 30.5 Å². The number of aromatic nitrogens is 3. The molecule has 0 spiro atoms. The lowest BCUT2D eigenvalue weighted by Gasteiger charge is -2.05. The Bertz CT molecular complexity index is 1020. The van der Waals surface area contributed by atoms with Gasteiger partial charge in [-0.2, -0.15) is 0 Å². The molecule has 0 aliphatic carbocycles. The second kappa shape index (κ2) is 10.5. The van der Waals surface area contributed by atoms with Crippen molar-refractivity contribution >= 4 is 30.6 Å². The molecular weight excluding hydrogens is 411 g/mol. The van der Waals surface area contributed by atoms with Crippen molar-refractivity contribution in [2.24, 2.45) is 0 Å². The van der Waals surface area contributed by atoms with Crippen LogP contribution in [0.2, 0.25) is 0 Å². The van der Waals surface area contributed by atoms with E-state index in [4.69, 9.17) is 15.0 Å². The van der Waals surface area contributed by atoms with Crippen LogP contribution in [0.4, 0.5) is 5.82 Å². The predicted molar refractivity (Wildman–Crippen MR) is 116 cm³/mol. The topological polar surface area (TPSA) is 87.1 Å². The van der Waals surface area contributed by atoms with Gasteiger partial charge in [-0.15, -0.1) is 24.8 Å². The SMILES string of the molecule is Cl.Cl.Nc1ncccc1-c1cc(Cc2ccc(COc3ccccn3)cc2)no1. The molecule has 3 heterocycles. The smallest absolute Gasteiger partial charge is 0.213 e. The molecule has 0 amide bonds. The normalized spacial score (nSPS) is 9.93. The van der Waals surface area contributed by atoms with Crippen LogP contribution < -0.4 is 10.5 Å². The maximum absolute atomic E-state index is 5.89. The van der Waals surface area contributed by atoms with Crippen LogP contribution in [-0.2, 0) is 13.0 Å². The number of ether oxygens (including phenoxy) is 1. The predicted octanol–water partition coefficient (Wildman–Crippen LogP) is 4.73. The van der Waals surface area contributed by atoms with Crippen molar-refractivity contribution in [1.82, 2.24) is 15.1 Å². The number of hydrogen-bond donors (Lipinski definition) is 1. The third-order valence-electron chi connectivity index (χ3n) is 4.10. The summed E-state index contributed by atoms with van der Waals surface area (Å²) in [5.41, 5.74) is 9.69. The van der Waals surface area contributed by atoms with Crippen molar-refractivity contribution in [1.29, 1.82) is 0 Å². The minimum Gasteiger partial charge on any atom is -0.473 e. The number of rotatable bonds is 6. The van der Waals surface area contributed by atoms with Crippen LogP contribution in [0, 0.1) is 0 Å². The molecule has 2 N–H and O–H groups in total. The van der Waals surface area contributed by atoms with Crippen LogP contribution in [0.25, 0.3) is 11.3 Å². The highest BCUT2D eigenvalue weighted by molar-refractivity contribution is 5.85.